The zero-order valence-electron chi connectivity index (χ0n) is 8.65. The van der Waals surface area contributed by atoms with Crippen molar-refractivity contribution in [1.82, 2.24) is 0 Å². The van der Waals surface area contributed by atoms with Crippen LogP contribution in [-0.2, 0) is 9.53 Å². The van der Waals surface area contributed by atoms with E-state index >= 15 is 0 Å². The number of carboxylic acid groups (broad SMARTS) is 1. The summed E-state index contributed by atoms with van der Waals surface area (Å²) in [4.78, 5) is 10.7. The number of rotatable bonds is 7. The lowest BCUT2D eigenvalue weighted by Gasteiger charge is -2.26. The normalized spacial score (nSPS) is 14.0. The molecule has 0 aromatic heterocycles. The second-order valence-corrected chi connectivity index (χ2v) is 6.39. The summed E-state index contributed by atoms with van der Waals surface area (Å²) < 4.78 is 4.41. The molecule has 0 heterocycles. The summed E-state index contributed by atoms with van der Waals surface area (Å²) in [5.41, 5.74) is 5.54. The molecule has 6 heteroatoms. The summed E-state index contributed by atoms with van der Waals surface area (Å²) >= 11 is 0. The van der Waals surface area contributed by atoms with Crippen LogP contribution in [0.5, 0.6) is 0 Å². The Kier molecular flexibility index (Phi) is 6.59. The zero-order chi connectivity index (χ0) is 11.2. The predicted molar refractivity (Wildman–Crippen MR) is 61.6 cm³/mol. The molecule has 3 N–H and O–H groups in total. The van der Waals surface area contributed by atoms with E-state index in [1.807, 2.05) is 13.8 Å². The first-order chi connectivity index (χ1) is 6.41. The number of aliphatic carboxylic acids is 1. The van der Waals surface area contributed by atoms with Gasteiger partial charge in [0.05, 0.1) is 6.61 Å². The molecule has 0 rings (SSSR count). The van der Waals surface area contributed by atoms with Crippen molar-refractivity contribution in [2.75, 3.05) is 19.5 Å². The Morgan fingerprint density at radius 1 is 1.64 bits per heavy atom. The third kappa shape index (κ3) is 5.09. The lowest BCUT2D eigenvalue weighted by atomic mass is 10.1. The highest BCUT2D eigenvalue weighted by Crippen LogP contribution is 2.37. The second kappa shape index (κ2) is 6.55. The van der Waals surface area contributed by atoms with Gasteiger partial charge in [-0.25, -0.2) is 0 Å². The summed E-state index contributed by atoms with van der Waals surface area (Å²) in [6.07, 6.45) is 0. The second-order valence-electron chi connectivity index (χ2n) is 3.32. The van der Waals surface area contributed by atoms with E-state index < -0.39 is 16.8 Å². The van der Waals surface area contributed by atoms with Crippen LogP contribution in [0.4, 0.5) is 0 Å². The highest BCUT2D eigenvalue weighted by Gasteiger charge is 2.32. The molecule has 0 aromatic carbocycles. The van der Waals surface area contributed by atoms with Crippen molar-refractivity contribution >= 4 is 27.6 Å². The molecule has 0 aromatic rings. The minimum Gasteiger partial charge on any atom is -0.480 e. The van der Waals surface area contributed by atoms with Crippen molar-refractivity contribution in [2.45, 2.75) is 24.6 Å². The lowest BCUT2D eigenvalue weighted by Crippen LogP contribution is -2.46. The highest BCUT2D eigenvalue weighted by atomic mass is 33.1. The van der Waals surface area contributed by atoms with Crippen LogP contribution in [0, 0.1) is 0 Å². The lowest BCUT2D eigenvalue weighted by molar-refractivity contribution is -0.139. The largest absolute Gasteiger partial charge is 0.480 e. The van der Waals surface area contributed by atoms with Gasteiger partial charge in [-0.15, -0.1) is 0 Å². The standard InChI is InChI=1S/C8H17NO3S2/c1-8(2,6(9)7(10)11)14-13-5-4-12-3/h6H,4-5,9H2,1-3H3,(H,10,11). The molecule has 0 aliphatic rings. The van der Waals surface area contributed by atoms with Crippen molar-refractivity contribution in [2.24, 2.45) is 5.73 Å². The van der Waals surface area contributed by atoms with Gasteiger partial charge in [0.25, 0.3) is 0 Å². The maximum Gasteiger partial charge on any atom is 0.321 e. The van der Waals surface area contributed by atoms with E-state index in [1.54, 1.807) is 17.9 Å². The van der Waals surface area contributed by atoms with E-state index in [2.05, 4.69) is 0 Å². The van der Waals surface area contributed by atoms with E-state index in [0.717, 1.165) is 5.75 Å². The Bertz CT molecular complexity index is 187. The van der Waals surface area contributed by atoms with Gasteiger partial charge in [-0.2, -0.15) is 0 Å². The van der Waals surface area contributed by atoms with Crippen LogP contribution >= 0.6 is 21.6 Å². The van der Waals surface area contributed by atoms with E-state index in [4.69, 9.17) is 15.6 Å². The van der Waals surface area contributed by atoms with Gasteiger partial charge in [0.1, 0.15) is 6.04 Å². The van der Waals surface area contributed by atoms with Gasteiger partial charge in [0.15, 0.2) is 0 Å². The number of hydrogen-bond donors (Lipinski definition) is 2. The Balaban J connectivity index is 3.88. The van der Waals surface area contributed by atoms with Crippen molar-refractivity contribution in [3.8, 4) is 0 Å². The first-order valence-corrected chi connectivity index (χ1v) is 6.51. The average molecular weight is 239 g/mol. The van der Waals surface area contributed by atoms with E-state index in [0.29, 0.717) is 6.61 Å². The van der Waals surface area contributed by atoms with Gasteiger partial charge in [-0.3, -0.25) is 4.79 Å². The summed E-state index contributed by atoms with van der Waals surface area (Å²) in [5, 5.41) is 8.75. The van der Waals surface area contributed by atoms with Gasteiger partial charge in [0, 0.05) is 17.6 Å². The topological polar surface area (TPSA) is 72.5 Å². The third-order valence-corrected chi connectivity index (χ3v) is 4.94. The smallest absolute Gasteiger partial charge is 0.321 e. The Hall–Kier alpha value is 0.0900. The molecular formula is C8H17NO3S2. The Labute approximate surface area is 92.3 Å². The summed E-state index contributed by atoms with van der Waals surface area (Å²) in [5.74, 6) is -0.133. The van der Waals surface area contributed by atoms with E-state index in [-0.39, 0.29) is 0 Å². The summed E-state index contributed by atoms with van der Waals surface area (Å²) in [6.45, 7) is 4.32. The SMILES string of the molecule is COCCSSC(C)(C)C(N)C(=O)O. The van der Waals surface area contributed by atoms with E-state index in [1.165, 1.54) is 10.8 Å². The first kappa shape index (κ1) is 14.1. The maximum absolute atomic E-state index is 10.7. The predicted octanol–water partition coefficient (Wildman–Crippen LogP) is 1.20. The van der Waals surface area contributed by atoms with Crippen LogP contribution < -0.4 is 5.73 Å². The monoisotopic (exact) mass is 239 g/mol. The minimum atomic E-state index is -0.963. The van der Waals surface area contributed by atoms with Gasteiger partial charge < -0.3 is 15.6 Å². The molecule has 0 saturated carbocycles. The number of ether oxygens (including phenoxy) is 1. The zero-order valence-corrected chi connectivity index (χ0v) is 10.3. The average Bonchev–Trinajstić information content (AvgIpc) is 2.11. The number of carbonyl (C=O) groups is 1. The van der Waals surface area contributed by atoms with Crippen LogP contribution in [-0.4, -0.2) is 41.3 Å². The van der Waals surface area contributed by atoms with Crippen LogP contribution in [0.15, 0.2) is 0 Å². The number of nitrogens with two attached hydrogens (primary N) is 1. The first-order valence-electron chi connectivity index (χ1n) is 4.19. The fourth-order valence-corrected chi connectivity index (χ4v) is 3.16. The van der Waals surface area contributed by atoms with Gasteiger partial charge in [-0.05, 0) is 13.8 Å². The molecule has 0 saturated heterocycles. The fourth-order valence-electron chi connectivity index (χ4n) is 0.660. The maximum atomic E-state index is 10.7. The van der Waals surface area contributed by atoms with Crippen LogP contribution in [0.2, 0.25) is 0 Å². The van der Waals surface area contributed by atoms with Crippen molar-refractivity contribution in [1.29, 1.82) is 0 Å². The Morgan fingerprint density at radius 3 is 2.64 bits per heavy atom. The molecule has 84 valence electrons. The van der Waals surface area contributed by atoms with Crippen LogP contribution in [0.1, 0.15) is 13.8 Å². The number of methoxy groups -OCH3 is 1. The van der Waals surface area contributed by atoms with Gasteiger partial charge in [0.2, 0.25) is 0 Å². The molecule has 4 nitrogen and oxygen atoms in total. The molecular weight excluding hydrogens is 222 g/mol. The summed E-state index contributed by atoms with van der Waals surface area (Å²) in [7, 11) is 4.70. The molecule has 0 amide bonds. The van der Waals surface area contributed by atoms with Gasteiger partial charge in [-0.1, -0.05) is 21.6 Å². The molecule has 0 aliphatic carbocycles. The number of hydrogen-bond acceptors (Lipinski definition) is 5. The number of carboxylic acids is 1. The van der Waals surface area contributed by atoms with E-state index in [9.17, 15) is 4.79 Å². The van der Waals surface area contributed by atoms with Gasteiger partial charge >= 0.3 is 5.97 Å². The Morgan fingerprint density at radius 2 is 2.21 bits per heavy atom. The molecule has 0 bridgehead atoms. The van der Waals surface area contributed by atoms with Crippen molar-refractivity contribution in [3.63, 3.8) is 0 Å². The molecule has 1 atom stereocenters. The van der Waals surface area contributed by atoms with Crippen LogP contribution in [0.25, 0.3) is 0 Å². The molecule has 1 unspecified atom stereocenters. The third-order valence-electron chi connectivity index (χ3n) is 1.66. The van der Waals surface area contributed by atoms with Crippen molar-refractivity contribution in [3.05, 3.63) is 0 Å². The molecule has 14 heavy (non-hydrogen) atoms. The summed E-state index contributed by atoms with van der Waals surface area (Å²) in [6, 6.07) is -0.845. The molecule has 0 fully saturated rings. The quantitative estimate of drug-likeness (QED) is 0.514. The van der Waals surface area contributed by atoms with Crippen LogP contribution in [0.3, 0.4) is 0 Å². The minimum absolute atomic E-state index is 0.468. The molecule has 0 radical (unpaired) electrons. The van der Waals surface area contributed by atoms with Crippen molar-refractivity contribution < 1.29 is 14.6 Å². The molecule has 0 aliphatic heterocycles. The highest BCUT2D eigenvalue weighted by molar-refractivity contribution is 8.77. The fraction of sp³-hybridized carbons (Fsp3) is 0.875. The molecule has 0 spiro atoms.